The second-order valence-corrected chi connectivity index (χ2v) is 1.87. The van der Waals surface area contributed by atoms with E-state index in [4.69, 9.17) is 0 Å². The molecule has 0 aromatic heterocycles. The van der Waals surface area contributed by atoms with Crippen LogP contribution in [0.5, 0.6) is 0 Å². The zero-order valence-corrected chi connectivity index (χ0v) is 5.07. The van der Waals surface area contributed by atoms with E-state index in [1.807, 2.05) is 12.9 Å². The van der Waals surface area contributed by atoms with Crippen molar-refractivity contribution in [3.63, 3.8) is 0 Å². The summed E-state index contributed by atoms with van der Waals surface area (Å²) >= 11 is 0. The van der Waals surface area contributed by atoms with E-state index in [-0.39, 0.29) is 0 Å². The molecule has 0 aromatic rings. The number of rotatable bonds is 2. The van der Waals surface area contributed by atoms with Crippen LogP contribution in [0.15, 0.2) is 24.6 Å². The molecule has 0 saturated heterocycles. The second-order valence-electron chi connectivity index (χ2n) is 1.87. The second kappa shape index (κ2) is 2.73. The summed E-state index contributed by atoms with van der Waals surface area (Å²) in [5.74, 6) is 1.89. The summed E-state index contributed by atoms with van der Waals surface area (Å²) in [6.45, 7) is 9.85. The lowest BCUT2D eigenvalue weighted by Crippen LogP contribution is -2.09. The SMILES string of the molecule is BB(C=C)C(=C)C. The minimum absolute atomic E-state index is 0.472. The number of hydrogen-bond acceptors (Lipinski definition) is 0. The minimum Gasteiger partial charge on any atom is -0.126 e. The van der Waals surface area contributed by atoms with Crippen molar-refractivity contribution in [1.29, 1.82) is 0 Å². The monoisotopic (exact) mass is 92.1 g/mol. The molecule has 7 heavy (non-hydrogen) atoms. The third-order valence-corrected chi connectivity index (χ3v) is 1.13. The highest BCUT2D eigenvalue weighted by atomic mass is 13.6. The maximum absolute atomic E-state index is 3.75. The largest absolute Gasteiger partial charge is 0.154 e. The molecule has 0 heterocycles. The van der Waals surface area contributed by atoms with Crippen molar-refractivity contribution in [2.45, 2.75) is 6.92 Å². The van der Waals surface area contributed by atoms with Crippen LogP contribution in [-0.4, -0.2) is 14.3 Å². The quantitative estimate of drug-likeness (QED) is 0.433. The Bertz CT molecular complexity index is 86.1. The molecule has 0 saturated carbocycles. The van der Waals surface area contributed by atoms with Crippen molar-refractivity contribution < 1.29 is 0 Å². The van der Waals surface area contributed by atoms with Crippen LogP contribution in [-0.2, 0) is 0 Å². The third-order valence-electron chi connectivity index (χ3n) is 1.13. The van der Waals surface area contributed by atoms with E-state index in [1.54, 1.807) is 0 Å². The maximum Gasteiger partial charge on any atom is 0.154 e. The van der Waals surface area contributed by atoms with E-state index in [2.05, 4.69) is 20.9 Å². The first-order chi connectivity index (χ1) is 3.18. The smallest absolute Gasteiger partial charge is 0.126 e. The zero-order chi connectivity index (χ0) is 5.86. The lowest BCUT2D eigenvalue weighted by Gasteiger charge is -1.95. The topological polar surface area (TPSA) is 0 Å². The molecule has 36 valence electrons. The summed E-state index contributed by atoms with van der Waals surface area (Å²) in [6.07, 6.45) is 0. The fourth-order valence-electron chi connectivity index (χ4n) is 0.201. The molecule has 0 unspecified atom stereocenters. The fourth-order valence-corrected chi connectivity index (χ4v) is 0.201. The van der Waals surface area contributed by atoms with E-state index < -0.39 is 0 Å². The van der Waals surface area contributed by atoms with Gasteiger partial charge in [-0.3, -0.25) is 0 Å². The average Bonchev–Trinajstić information content (AvgIpc) is 1.65. The first-order valence-electron chi connectivity index (χ1n) is 2.46. The van der Waals surface area contributed by atoms with Gasteiger partial charge in [0.25, 0.3) is 0 Å². The van der Waals surface area contributed by atoms with Crippen molar-refractivity contribution in [3.8, 4) is 0 Å². The van der Waals surface area contributed by atoms with Gasteiger partial charge >= 0.3 is 0 Å². The van der Waals surface area contributed by atoms with Crippen LogP contribution in [0, 0.1) is 0 Å². The summed E-state index contributed by atoms with van der Waals surface area (Å²) < 4.78 is 0. The van der Waals surface area contributed by atoms with Crippen LogP contribution in [0.1, 0.15) is 6.92 Å². The zero-order valence-electron chi connectivity index (χ0n) is 5.07. The molecule has 0 N–H and O–H groups in total. The Labute approximate surface area is 46.8 Å². The molecule has 0 aromatic carbocycles. The highest BCUT2D eigenvalue weighted by Gasteiger charge is 1.97. The van der Waals surface area contributed by atoms with E-state index in [9.17, 15) is 0 Å². The first-order valence-corrected chi connectivity index (χ1v) is 2.46. The van der Waals surface area contributed by atoms with Gasteiger partial charge in [-0.2, -0.15) is 0 Å². The van der Waals surface area contributed by atoms with Crippen molar-refractivity contribution >= 4 is 14.3 Å². The minimum atomic E-state index is 0.472. The molecule has 2 heteroatoms. The van der Waals surface area contributed by atoms with Crippen LogP contribution in [0.3, 0.4) is 0 Å². The Hall–Kier alpha value is -0.390. The van der Waals surface area contributed by atoms with Crippen molar-refractivity contribution in [3.05, 3.63) is 24.6 Å². The van der Waals surface area contributed by atoms with Crippen molar-refractivity contribution in [2.24, 2.45) is 0 Å². The van der Waals surface area contributed by atoms with E-state index in [0.717, 1.165) is 0 Å². The summed E-state index contributed by atoms with van der Waals surface area (Å²) in [4.78, 5) is 0. The Morgan fingerprint density at radius 3 is 2.29 bits per heavy atom. The molecule has 0 radical (unpaired) electrons. The van der Waals surface area contributed by atoms with Crippen LogP contribution in [0.25, 0.3) is 0 Å². The van der Waals surface area contributed by atoms with Gasteiger partial charge in [-0.15, -0.1) is 24.6 Å². The molecule has 0 nitrogen and oxygen atoms in total. The standard InChI is InChI=1S/C5H10B2/c1-4-7(6)5(2)3/h4H,1-2,6H2,3H3. The van der Waals surface area contributed by atoms with Gasteiger partial charge in [0.2, 0.25) is 0 Å². The molecule has 0 amide bonds. The van der Waals surface area contributed by atoms with Crippen LogP contribution in [0.4, 0.5) is 0 Å². The molecule has 0 rings (SSSR count). The Kier molecular flexibility index (Phi) is 2.58. The van der Waals surface area contributed by atoms with Gasteiger partial charge in [0, 0.05) is 0 Å². The van der Waals surface area contributed by atoms with E-state index >= 15 is 0 Å². The van der Waals surface area contributed by atoms with Crippen molar-refractivity contribution in [1.82, 2.24) is 0 Å². The van der Waals surface area contributed by atoms with Crippen LogP contribution in [0.2, 0.25) is 0 Å². The van der Waals surface area contributed by atoms with Crippen LogP contribution >= 0.6 is 0 Å². The highest BCUT2D eigenvalue weighted by Crippen LogP contribution is 1.89. The van der Waals surface area contributed by atoms with E-state index in [0.29, 0.717) is 6.60 Å². The average molecular weight is 91.8 g/mol. The van der Waals surface area contributed by atoms with Gasteiger partial charge < -0.3 is 0 Å². The lowest BCUT2D eigenvalue weighted by molar-refractivity contribution is 1.69. The molecule has 0 atom stereocenters. The van der Waals surface area contributed by atoms with Gasteiger partial charge in [-0.05, 0) is 0 Å². The Morgan fingerprint density at radius 2 is 2.29 bits per heavy atom. The summed E-state index contributed by atoms with van der Waals surface area (Å²) in [5, 5.41) is 0. The fraction of sp³-hybridized carbons (Fsp3) is 0.200. The van der Waals surface area contributed by atoms with Gasteiger partial charge in [-0.25, -0.2) is 0 Å². The Balaban J connectivity index is 3.55. The van der Waals surface area contributed by atoms with Gasteiger partial charge in [0.1, 0.15) is 0 Å². The lowest BCUT2D eigenvalue weighted by atomic mass is 9.30. The Morgan fingerprint density at radius 1 is 1.86 bits per heavy atom. The molecular formula is C5H10B2. The molecule has 0 bridgehead atoms. The predicted octanol–water partition coefficient (Wildman–Crippen LogP) is 0.452. The molecule has 0 aliphatic carbocycles. The molecular weight excluding hydrogens is 81.7 g/mol. The molecule has 0 spiro atoms. The molecule has 0 fully saturated rings. The summed E-state index contributed by atoms with van der Waals surface area (Å²) in [5.41, 5.74) is 1.18. The molecule has 0 aliphatic heterocycles. The summed E-state index contributed by atoms with van der Waals surface area (Å²) in [7, 11) is 2.08. The normalized spacial score (nSPS) is 7.57. The number of allylic oxidation sites excluding steroid dienone is 1. The van der Waals surface area contributed by atoms with Crippen LogP contribution < -0.4 is 0 Å². The molecule has 0 aliphatic rings. The van der Waals surface area contributed by atoms with Gasteiger partial charge in [0.15, 0.2) is 6.60 Å². The van der Waals surface area contributed by atoms with Gasteiger partial charge in [0.05, 0.1) is 7.74 Å². The third kappa shape index (κ3) is 2.32. The van der Waals surface area contributed by atoms with Crippen molar-refractivity contribution in [2.75, 3.05) is 0 Å². The first kappa shape index (κ1) is 6.61. The summed E-state index contributed by atoms with van der Waals surface area (Å²) in [6, 6.07) is 0. The predicted molar refractivity (Wildman–Crippen MR) is 39.3 cm³/mol. The van der Waals surface area contributed by atoms with E-state index in [1.165, 1.54) is 5.47 Å². The highest BCUT2D eigenvalue weighted by molar-refractivity contribution is 7.10. The number of hydrogen-bond donors (Lipinski definition) is 0. The van der Waals surface area contributed by atoms with Gasteiger partial charge in [-0.1, -0.05) is 6.92 Å². The maximum atomic E-state index is 3.75.